The highest BCUT2D eigenvalue weighted by Crippen LogP contribution is 2.31. The number of esters is 1. The molecule has 2 heterocycles. The standard InChI is InChI=1S/C20H16N2O4S/c1-12-13-7-4-6-10-16(13)27-18(12)20(23)25-11-17-21-19(22-26-17)14-8-3-5-9-15(14)24-2/h3-10H,11H2,1-2H3. The minimum Gasteiger partial charge on any atom is -0.496 e. The van der Waals surface area contributed by atoms with Crippen LogP contribution in [0.2, 0.25) is 0 Å². The van der Waals surface area contributed by atoms with Crippen LogP contribution in [0.1, 0.15) is 21.1 Å². The molecule has 0 aliphatic carbocycles. The molecule has 0 amide bonds. The van der Waals surface area contributed by atoms with Gasteiger partial charge in [0.15, 0.2) is 6.61 Å². The topological polar surface area (TPSA) is 74.5 Å². The van der Waals surface area contributed by atoms with E-state index in [0.717, 1.165) is 15.6 Å². The fourth-order valence-electron chi connectivity index (χ4n) is 2.81. The average molecular weight is 380 g/mol. The maximum Gasteiger partial charge on any atom is 0.349 e. The van der Waals surface area contributed by atoms with E-state index in [1.807, 2.05) is 55.5 Å². The Labute approximate surface area is 159 Å². The quantitative estimate of drug-likeness (QED) is 0.470. The third-order valence-electron chi connectivity index (χ3n) is 4.17. The number of methoxy groups -OCH3 is 1. The monoisotopic (exact) mass is 380 g/mol. The fourth-order valence-corrected chi connectivity index (χ4v) is 3.92. The Morgan fingerprint density at radius 1 is 1.15 bits per heavy atom. The van der Waals surface area contributed by atoms with Gasteiger partial charge in [0.25, 0.3) is 5.89 Å². The van der Waals surface area contributed by atoms with Crippen molar-refractivity contribution in [3.05, 3.63) is 64.9 Å². The van der Waals surface area contributed by atoms with E-state index < -0.39 is 5.97 Å². The van der Waals surface area contributed by atoms with Crippen molar-refractivity contribution in [1.29, 1.82) is 0 Å². The lowest BCUT2D eigenvalue weighted by atomic mass is 10.1. The molecule has 0 aliphatic rings. The summed E-state index contributed by atoms with van der Waals surface area (Å²) in [5.41, 5.74) is 1.63. The minimum absolute atomic E-state index is 0.0886. The summed E-state index contributed by atoms with van der Waals surface area (Å²) >= 11 is 1.42. The second-order valence-corrected chi connectivity index (χ2v) is 6.89. The fraction of sp³-hybridized carbons (Fsp3) is 0.150. The summed E-state index contributed by atoms with van der Waals surface area (Å²) in [5.74, 6) is 0.855. The maximum absolute atomic E-state index is 12.5. The molecule has 0 N–H and O–H groups in total. The number of carbonyl (C=O) groups excluding carboxylic acids is 1. The van der Waals surface area contributed by atoms with Gasteiger partial charge >= 0.3 is 5.97 Å². The van der Waals surface area contributed by atoms with E-state index in [4.69, 9.17) is 14.0 Å². The number of carbonyl (C=O) groups is 1. The first-order valence-corrected chi connectivity index (χ1v) is 9.10. The molecule has 4 rings (SSSR count). The van der Waals surface area contributed by atoms with Crippen LogP contribution in [0.5, 0.6) is 5.75 Å². The van der Waals surface area contributed by atoms with E-state index in [-0.39, 0.29) is 12.5 Å². The summed E-state index contributed by atoms with van der Waals surface area (Å²) in [6, 6.07) is 15.3. The van der Waals surface area contributed by atoms with Crippen molar-refractivity contribution in [3.8, 4) is 17.1 Å². The Balaban J connectivity index is 1.50. The number of aromatic nitrogens is 2. The summed E-state index contributed by atoms with van der Waals surface area (Å²) in [4.78, 5) is 17.3. The van der Waals surface area contributed by atoms with Crippen molar-refractivity contribution >= 4 is 27.4 Å². The number of fused-ring (bicyclic) bond motifs is 1. The van der Waals surface area contributed by atoms with Crippen molar-refractivity contribution in [3.63, 3.8) is 0 Å². The van der Waals surface area contributed by atoms with Gasteiger partial charge in [-0.25, -0.2) is 4.79 Å². The van der Waals surface area contributed by atoms with Gasteiger partial charge in [-0.1, -0.05) is 35.5 Å². The molecule has 27 heavy (non-hydrogen) atoms. The maximum atomic E-state index is 12.5. The zero-order valence-electron chi connectivity index (χ0n) is 14.8. The Morgan fingerprint density at radius 2 is 1.93 bits per heavy atom. The highest BCUT2D eigenvalue weighted by Gasteiger charge is 2.19. The normalized spacial score (nSPS) is 10.9. The Morgan fingerprint density at radius 3 is 2.74 bits per heavy atom. The Bertz CT molecular complexity index is 1120. The average Bonchev–Trinajstić information content (AvgIpc) is 3.31. The van der Waals surface area contributed by atoms with Crippen LogP contribution in [0, 0.1) is 6.92 Å². The predicted molar refractivity (Wildman–Crippen MR) is 102 cm³/mol. The summed E-state index contributed by atoms with van der Waals surface area (Å²) in [6.07, 6.45) is 0. The highest BCUT2D eigenvalue weighted by molar-refractivity contribution is 7.21. The summed E-state index contributed by atoms with van der Waals surface area (Å²) in [6.45, 7) is 1.83. The van der Waals surface area contributed by atoms with Crippen LogP contribution < -0.4 is 4.74 Å². The SMILES string of the molecule is COc1ccccc1-c1noc(COC(=O)c2sc3ccccc3c2C)n1. The number of rotatable bonds is 5. The molecule has 2 aromatic heterocycles. The van der Waals surface area contributed by atoms with Gasteiger partial charge in [-0.15, -0.1) is 11.3 Å². The van der Waals surface area contributed by atoms with E-state index in [1.165, 1.54) is 11.3 Å². The van der Waals surface area contributed by atoms with Crippen LogP contribution in [0.15, 0.2) is 53.1 Å². The second kappa shape index (κ2) is 7.20. The first-order valence-electron chi connectivity index (χ1n) is 8.28. The number of thiophene rings is 1. The molecule has 2 aromatic carbocycles. The van der Waals surface area contributed by atoms with Gasteiger partial charge in [0, 0.05) is 4.70 Å². The van der Waals surface area contributed by atoms with Crippen LogP contribution in [-0.2, 0) is 11.3 Å². The van der Waals surface area contributed by atoms with Crippen molar-refractivity contribution in [2.75, 3.05) is 7.11 Å². The van der Waals surface area contributed by atoms with Gasteiger partial charge in [-0.3, -0.25) is 0 Å². The number of hydrogen-bond acceptors (Lipinski definition) is 7. The van der Waals surface area contributed by atoms with Gasteiger partial charge < -0.3 is 14.0 Å². The summed E-state index contributed by atoms with van der Waals surface area (Å²) < 4.78 is 16.9. The molecule has 0 aliphatic heterocycles. The Kier molecular flexibility index (Phi) is 4.60. The smallest absolute Gasteiger partial charge is 0.349 e. The number of nitrogens with zero attached hydrogens (tertiary/aromatic N) is 2. The molecular weight excluding hydrogens is 364 g/mol. The number of aryl methyl sites for hydroxylation is 1. The van der Waals surface area contributed by atoms with Gasteiger partial charge in [0.05, 0.1) is 12.7 Å². The van der Waals surface area contributed by atoms with Gasteiger partial charge in [0.2, 0.25) is 5.82 Å². The molecule has 7 heteroatoms. The molecule has 136 valence electrons. The first kappa shape index (κ1) is 17.2. The van der Waals surface area contributed by atoms with Gasteiger partial charge in [-0.2, -0.15) is 4.98 Å². The lowest BCUT2D eigenvalue weighted by Crippen LogP contribution is -2.04. The highest BCUT2D eigenvalue weighted by atomic mass is 32.1. The van der Waals surface area contributed by atoms with E-state index in [9.17, 15) is 4.79 Å². The van der Waals surface area contributed by atoms with Gasteiger partial charge in [-0.05, 0) is 36.1 Å². The van der Waals surface area contributed by atoms with Crippen molar-refractivity contribution in [1.82, 2.24) is 10.1 Å². The molecule has 4 aromatic rings. The molecule has 0 bridgehead atoms. The molecule has 0 unspecified atom stereocenters. The van der Waals surface area contributed by atoms with E-state index in [0.29, 0.717) is 22.0 Å². The molecule has 0 saturated carbocycles. The van der Waals surface area contributed by atoms with Gasteiger partial charge in [0.1, 0.15) is 10.6 Å². The van der Waals surface area contributed by atoms with Crippen LogP contribution >= 0.6 is 11.3 Å². The van der Waals surface area contributed by atoms with Crippen LogP contribution in [0.25, 0.3) is 21.5 Å². The summed E-state index contributed by atoms with van der Waals surface area (Å²) in [5, 5.41) is 5.00. The van der Waals surface area contributed by atoms with Crippen molar-refractivity contribution in [2.45, 2.75) is 13.5 Å². The van der Waals surface area contributed by atoms with Crippen molar-refractivity contribution in [2.24, 2.45) is 0 Å². The third kappa shape index (κ3) is 3.29. The lowest BCUT2D eigenvalue weighted by Gasteiger charge is -2.03. The molecule has 0 spiro atoms. The molecule has 0 fully saturated rings. The zero-order chi connectivity index (χ0) is 18.8. The second-order valence-electron chi connectivity index (χ2n) is 5.84. The lowest BCUT2D eigenvalue weighted by molar-refractivity contribution is 0.0435. The Hall–Kier alpha value is -3.19. The van der Waals surface area contributed by atoms with E-state index in [2.05, 4.69) is 10.1 Å². The molecule has 0 atom stereocenters. The molecule has 6 nitrogen and oxygen atoms in total. The van der Waals surface area contributed by atoms with E-state index in [1.54, 1.807) is 7.11 Å². The first-order chi connectivity index (χ1) is 13.2. The number of ether oxygens (including phenoxy) is 2. The van der Waals surface area contributed by atoms with E-state index >= 15 is 0 Å². The van der Waals surface area contributed by atoms with Crippen molar-refractivity contribution < 1.29 is 18.8 Å². The van der Waals surface area contributed by atoms with Crippen LogP contribution in [0.4, 0.5) is 0 Å². The number of hydrogen-bond donors (Lipinski definition) is 0. The third-order valence-corrected chi connectivity index (χ3v) is 5.42. The molecule has 0 saturated heterocycles. The predicted octanol–water partition coefficient (Wildman–Crippen LogP) is 4.63. The van der Waals surface area contributed by atoms with Crippen LogP contribution in [0.3, 0.4) is 0 Å². The van der Waals surface area contributed by atoms with Crippen LogP contribution in [-0.4, -0.2) is 23.2 Å². The number of para-hydroxylation sites is 1. The number of benzene rings is 2. The molecule has 0 radical (unpaired) electrons. The minimum atomic E-state index is -0.397. The summed E-state index contributed by atoms with van der Waals surface area (Å²) in [7, 11) is 1.58. The largest absolute Gasteiger partial charge is 0.496 e. The zero-order valence-corrected chi connectivity index (χ0v) is 15.6. The molecular formula is C20H16N2O4S.